The number of aliphatic hydroxyl groups excluding tert-OH is 1. The fraction of sp³-hybridized carbons (Fsp3) is 0.381. The summed E-state index contributed by atoms with van der Waals surface area (Å²) in [6, 6.07) is 12.7. The smallest absolute Gasteiger partial charge is 0.229 e. The molecule has 1 amide bonds. The van der Waals surface area contributed by atoms with E-state index in [1.807, 2.05) is 36.2 Å². The molecule has 0 aromatic heterocycles. The van der Waals surface area contributed by atoms with E-state index < -0.39 is 16.1 Å². The van der Waals surface area contributed by atoms with Gasteiger partial charge in [-0.25, -0.2) is 8.42 Å². The van der Waals surface area contributed by atoms with Crippen molar-refractivity contribution in [2.75, 3.05) is 43.0 Å². The van der Waals surface area contributed by atoms with Gasteiger partial charge in [-0.1, -0.05) is 18.2 Å². The molecule has 0 aliphatic carbocycles. The first-order valence-corrected chi connectivity index (χ1v) is 11.6. The number of likely N-dealkylation sites (N-methyl/N-ethyl adjacent to an activating group) is 1. The largest absolute Gasteiger partial charge is 0.490 e. The lowest BCUT2D eigenvalue weighted by molar-refractivity contribution is -0.115. The fourth-order valence-corrected chi connectivity index (χ4v) is 3.88. The van der Waals surface area contributed by atoms with Crippen molar-refractivity contribution in [3.63, 3.8) is 0 Å². The van der Waals surface area contributed by atoms with E-state index in [0.717, 1.165) is 36.0 Å². The Balaban J connectivity index is 1.42. The summed E-state index contributed by atoms with van der Waals surface area (Å²) in [5.41, 5.74) is 3.20. The zero-order chi connectivity index (χ0) is 21.7. The number of aliphatic hydroxyl groups is 1. The van der Waals surface area contributed by atoms with Gasteiger partial charge in [0, 0.05) is 30.0 Å². The average molecular weight is 434 g/mol. The molecule has 1 aliphatic heterocycles. The molecule has 30 heavy (non-hydrogen) atoms. The van der Waals surface area contributed by atoms with Crippen molar-refractivity contribution in [3.8, 4) is 5.75 Å². The minimum absolute atomic E-state index is 0.0542. The number of benzene rings is 2. The second-order valence-corrected chi connectivity index (χ2v) is 9.30. The highest BCUT2D eigenvalue weighted by molar-refractivity contribution is 7.92. The number of nitrogens with one attached hydrogen (secondary N) is 2. The maximum atomic E-state index is 11.6. The summed E-state index contributed by atoms with van der Waals surface area (Å²) in [4.78, 5) is 13.6. The van der Waals surface area contributed by atoms with Crippen LogP contribution in [0.15, 0.2) is 42.5 Å². The van der Waals surface area contributed by atoms with Gasteiger partial charge in [0.15, 0.2) is 0 Å². The van der Waals surface area contributed by atoms with Gasteiger partial charge in [0.05, 0.1) is 12.7 Å². The quantitative estimate of drug-likeness (QED) is 0.524. The van der Waals surface area contributed by atoms with Crippen LogP contribution in [-0.4, -0.2) is 63.4 Å². The first-order valence-electron chi connectivity index (χ1n) is 9.67. The summed E-state index contributed by atoms with van der Waals surface area (Å²) in [6.45, 7) is 1.32. The minimum Gasteiger partial charge on any atom is -0.490 e. The third-order valence-electron chi connectivity index (χ3n) is 4.74. The van der Waals surface area contributed by atoms with Crippen molar-refractivity contribution >= 4 is 27.3 Å². The highest BCUT2D eigenvalue weighted by Gasteiger charge is 2.21. The Bertz CT molecular complexity index is 992. The van der Waals surface area contributed by atoms with Gasteiger partial charge < -0.3 is 20.1 Å². The van der Waals surface area contributed by atoms with Gasteiger partial charge in [-0.2, -0.15) is 0 Å². The standard InChI is InChI=1S/C21H27N3O5S/c1-24(11-10-15-6-8-16(9-7-15)23-30(2,27)28)13-17(25)14-29-20-5-3-4-19-18(20)12-21(26)22-19/h3-9,17,23,25H,10-14H2,1-2H3,(H,22,26). The zero-order valence-electron chi connectivity index (χ0n) is 17.1. The van der Waals surface area contributed by atoms with Gasteiger partial charge in [-0.05, 0) is 43.3 Å². The number of anilines is 2. The summed E-state index contributed by atoms with van der Waals surface area (Å²) >= 11 is 0. The van der Waals surface area contributed by atoms with Crippen LogP contribution in [0.2, 0.25) is 0 Å². The van der Waals surface area contributed by atoms with E-state index in [1.165, 1.54) is 0 Å². The van der Waals surface area contributed by atoms with Gasteiger partial charge in [-0.15, -0.1) is 0 Å². The van der Waals surface area contributed by atoms with Crippen LogP contribution in [0.25, 0.3) is 0 Å². The van der Waals surface area contributed by atoms with Crippen LogP contribution >= 0.6 is 0 Å². The van der Waals surface area contributed by atoms with Crippen molar-refractivity contribution in [3.05, 3.63) is 53.6 Å². The molecular formula is C21H27N3O5S. The third kappa shape index (κ3) is 6.45. The van der Waals surface area contributed by atoms with E-state index in [9.17, 15) is 18.3 Å². The van der Waals surface area contributed by atoms with Crippen molar-refractivity contribution < 1.29 is 23.1 Å². The molecule has 1 heterocycles. The molecule has 0 saturated carbocycles. The number of amides is 1. The van der Waals surface area contributed by atoms with Gasteiger partial charge in [0.1, 0.15) is 18.5 Å². The predicted octanol–water partition coefficient (Wildman–Crippen LogP) is 1.47. The molecule has 0 saturated heterocycles. The SMILES string of the molecule is CN(CCc1ccc(NS(C)(=O)=O)cc1)CC(O)COc1cccc2c1CC(=O)N2. The van der Waals surface area contributed by atoms with E-state index in [1.54, 1.807) is 18.2 Å². The molecule has 1 unspecified atom stereocenters. The lowest BCUT2D eigenvalue weighted by Crippen LogP contribution is -2.34. The number of hydrogen-bond acceptors (Lipinski definition) is 6. The van der Waals surface area contributed by atoms with E-state index in [-0.39, 0.29) is 12.5 Å². The van der Waals surface area contributed by atoms with E-state index in [0.29, 0.717) is 24.4 Å². The Hall–Kier alpha value is -2.62. The predicted molar refractivity (Wildman–Crippen MR) is 116 cm³/mol. The van der Waals surface area contributed by atoms with Crippen molar-refractivity contribution in [1.82, 2.24) is 4.90 Å². The molecule has 0 spiro atoms. The number of rotatable bonds is 10. The average Bonchev–Trinajstić information content (AvgIpc) is 3.05. The normalized spacial score (nSPS) is 14.3. The molecule has 0 fully saturated rings. The number of carbonyl (C=O) groups excluding carboxylic acids is 1. The van der Waals surface area contributed by atoms with Crippen LogP contribution in [0.4, 0.5) is 11.4 Å². The molecule has 162 valence electrons. The van der Waals surface area contributed by atoms with Crippen LogP contribution in [0.5, 0.6) is 5.75 Å². The van der Waals surface area contributed by atoms with Gasteiger partial charge in [-0.3, -0.25) is 9.52 Å². The molecule has 1 aliphatic rings. The minimum atomic E-state index is -3.28. The molecular weight excluding hydrogens is 406 g/mol. The lowest BCUT2D eigenvalue weighted by Gasteiger charge is -2.21. The summed E-state index contributed by atoms with van der Waals surface area (Å²) in [7, 11) is -1.36. The van der Waals surface area contributed by atoms with Crippen molar-refractivity contribution in [2.45, 2.75) is 18.9 Å². The highest BCUT2D eigenvalue weighted by atomic mass is 32.2. The van der Waals surface area contributed by atoms with Gasteiger partial charge in [0.2, 0.25) is 15.9 Å². The monoisotopic (exact) mass is 433 g/mol. The number of ether oxygens (including phenoxy) is 1. The number of sulfonamides is 1. The number of carbonyl (C=O) groups is 1. The van der Waals surface area contributed by atoms with Crippen LogP contribution in [-0.2, 0) is 27.7 Å². The van der Waals surface area contributed by atoms with Crippen LogP contribution in [0.3, 0.4) is 0 Å². The Morgan fingerprint density at radius 3 is 2.67 bits per heavy atom. The first-order chi connectivity index (χ1) is 14.2. The van der Waals surface area contributed by atoms with Gasteiger partial charge in [0.25, 0.3) is 0 Å². The highest BCUT2D eigenvalue weighted by Crippen LogP contribution is 2.31. The van der Waals surface area contributed by atoms with Gasteiger partial charge >= 0.3 is 0 Å². The topological polar surface area (TPSA) is 108 Å². The molecule has 0 radical (unpaired) electrons. The summed E-state index contributed by atoms with van der Waals surface area (Å²) < 4.78 is 30.7. The molecule has 0 bridgehead atoms. The zero-order valence-corrected chi connectivity index (χ0v) is 17.9. The second-order valence-electron chi connectivity index (χ2n) is 7.56. The molecule has 1 atom stereocenters. The summed E-state index contributed by atoms with van der Waals surface area (Å²) in [5, 5.41) is 13.1. The van der Waals surface area contributed by atoms with E-state index >= 15 is 0 Å². The molecule has 9 heteroatoms. The second kappa shape index (κ2) is 9.46. The Morgan fingerprint density at radius 1 is 1.23 bits per heavy atom. The summed E-state index contributed by atoms with van der Waals surface area (Å²) in [6.07, 6.45) is 1.51. The summed E-state index contributed by atoms with van der Waals surface area (Å²) in [5.74, 6) is 0.566. The van der Waals surface area contributed by atoms with Crippen LogP contribution < -0.4 is 14.8 Å². The number of hydrogen-bond donors (Lipinski definition) is 3. The van der Waals surface area contributed by atoms with Crippen molar-refractivity contribution in [1.29, 1.82) is 0 Å². The van der Waals surface area contributed by atoms with E-state index in [4.69, 9.17) is 4.74 Å². The van der Waals surface area contributed by atoms with E-state index in [2.05, 4.69) is 10.0 Å². The fourth-order valence-electron chi connectivity index (χ4n) is 3.32. The molecule has 8 nitrogen and oxygen atoms in total. The van der Waals surface area contributed by atoms with Crippen LogP contribution in [0.1, 0.15) is 11.1 Å². The maximum Gasteiger partial charge on any atom is 0.229 e. The molecule has 2 aromatic carbocycles. The molecule has 2 aromatic rings. The third-order valence-corrected chi connectivity index (χ3v) is 5.34. The van der Waals surface area contributed by atoms with Crippen LogP contribution in [0, 0.1) is 0 Å². The Labute approximate surface area is 176 Å². The Kier molecular flexibility index (Phi) is 6.96. The molecule has 3 N–H and O–H groups in total. The number of fused-ring (bicyclic) bond motifs is 1. The lowest BCUT2D eigenvalue weighted by atomic mass is 10.1. The first kappa shape index (κ1) is 22.1. The molecule has 3 rings (SSSR count). The Morgan fingerprint density at radius 2 is 1.97 bits per heavy atom. The van der Waals surface area contributed by atoms with Crippen molar-refractivity contribution in [2.24, 2.45) is 0 Å². The maximum absolute atomic E-state index is 11.6. The number of nitrogens with zero attached hydrogens (tertiary/aromatic N) is 1.